The number of aliphatic hydroxyl groups is 1. The largest absolute Gasteiger partial charge is 0.396 e. The van der Waals surface area contributed by atoms with Gasteiger partial charge in [-0.05, 0) is 49.8 Å². The highest BCUT2D eigenvalue weighted by molar-refractivity contribution is 6.31. The predicted octanol–water partition coefficient (Wildman–Crippen LogP) is 2.88. The van der Waals surface area contributed by atoms with Gasteiger partial charge in [0.1, 0.15) is 0 Å². The summed E-state index contributed by atoms with van der Waals surface area (Å²) in [6.45, 7) is 3.62. The van der Waals surface area contributed by atoms with E-state index >= 15 is 0 Å². The first kappa shape index (κ1) is 14.4. The fourth-order valence-electron chi connectivity index (χ4n) is 2.68. The predicted molar refractivity (Wildman–Crippen MR) is 76.5 cm³/mol. The van der Waals surface area contributed by atoms with Gasteiger partial charge >= 0.3 is 0 Å². The van der Waals surface area contributed by atoms with Crippen molar-refractivity contribution in [3.63, 3.8) is 0 Å². The molecular weight excluding hydrogens is 262 g/mol. The zero-order chi connectivity index (χ0) is 13.8. The van der Waals surface area contributed by atoms with E-state index in [2.05, 4.69) is 0 Å². The molecule has 0 aliphatic carbocycles. The average molecular weight is 282 g/mol. The molecule has 1 aromatic rings. The van der Waals surface area contributed by atoms with Crippen molar-refractivity contribution in [1.82, 2.24) is 4.90 Å². The van der Waals surface area contributed by atoms with Crippen LogP contribution in [0, 0.1) is 12.8 Å². The lowest BCUT2D eigenvalue weighted by molar-refractivity contribution is 0.0653. The van der Waals surface area contributed by atoms with E-state index in [1.54, 1.807) is 6.07 Å². The van der Waals surface area contributed by atoms with Crippen LogP contribution in [0.5, 0.6) is 0 Å². The van der Waals surface area contributed by atoms with Crippen molar-refractivity contribution in [2.75, 3.05) is 19.7 Å². The molecule has 3 nitrogen and oxygen atoms in total. The van der Waals surface area contributed by atoms with Gasteiger partial charge in [0.15, 0.2) is 0 Å². The number of hydrogen-bond donors (Lipinski definition) is 1. The van der Waals surface area contributed by atoms with E-state index in [0.717, 1.165) is 37.9 Å². The fraction of sp³-hybridized carbons (Fsp3) is 0.533. The first-order valence-electron chi connectivity index (χ1n) is 6.78. The van der Waals surface area contributed by atoms with Crippen LogP contribution in [0.3, 0.4) is 0 Å². The third-order valence-corrected chi connectivity index (χ3v) is 4.25. The summed E-state index contributed by atoms with van der Waals surface area (Å²) >= 11 is 6.07. The number of carbonyl (C=O) groups excluding carboxylic acids is 1. The molecule has 1 aliphatic rings. The molecule has 0 spiro atoms. The Balaban J connectivity index is 2.12. The Bertz CT molecular complexity index is 459. The molecule has 2 rings (SSSR count). The molecule has 1 fully saturated rings. The van der Waals surface area contributed by atoms with Gasteiger partial charge in [0.25, 0.3) is 5.91 Å². The van der Waals surface area contributed by atoms with Crippen LogP contribution in [-0.2, 0) is 0 Å². The Morgan fingerprint density at radius 3 is 3.05 bits per heavy atom. The molecule has 1 heterocycles. The number of aliphatic hydroxyl groups excluding tert-OH is 1. The second-order valence-corrected chi connectivity index (χ2v) is 5.59. The van der Waals surface area contributed by atoms with Gasteiger partial charge in [-0.3, -0.25) is 4.79 Å². The Hall–Kier alpha value is -1.06. The van der Waals surface area contributed by atoms with Crippen molar-refractivity contribution < 1.29 is 9.90 Å². The number of hydrogen-bond acceptors (Lipinski definition) is 2. The monoisotopic (exact) mass is 281 g/mol. The lowest BCUT2D eigenvalue weighted by Gasteiger charge is -2.33. The van der Waals surface area contributed by atoms with E-state index in [1.807, 2.05) is 24.0 Å². The van der Waals surface area contributed by atoms with Crippen LogP contribution in [0.25, 0.3) is 0 Å². The van der Waals surface area contributed by atoms with Crippen molar-refractivity contribution in [3.8, 4) is 0 Å². The molecule has 1 N–H and O–H groups in total. The molecule has 1 amide bonds. The van der Waals surface area contributed by atoms with Gasteiger partial charge in [-0.1, -0.05) is 17.7 Å². The van der Waals surface area contributed by atoms with Crippen molar-refractivity contribution >= 4 is 17.5 Å². The Morgan fingerprint density at radius 1 is 1.53 bits per heavy atom. The lowest BCUT2D eigenvalue weighted by Crippen LogP contribution is -2.40. The van der Waals surface area contributed by atoms with E-state index < -0.39 is 0 Å². The van der Waals surface area contributed by atoms with E-state index in [0.29, 0.717) is 16.5 Å². The zero-order valence-electron chi connectivity index (χ0n) is 11.2. The Morgan fingerprint density at radius 2 is 2.32 bits per heavy atom. The molecule has 1 saturated heterocycles. The molecule has 0 saturated carbocycles. The van der Waals surface area contributed by atoms with Gasteiger partial charge < -0.3 is 10.0 Å². The Labute approximate surface area is 119 Å². The number of piperidine rings is 1. The van der Waals surface area contributed by atoms with Crippen molar-refractivity contribution in [2.45, 2.75) is 26.2 Å². The maximum Gasteiger partial charge on any atom is 0.254 e. The highest BCUT2D eigenvalue weighted by atomic mass is 35.5. The minimum absolute atomic E-state index is 0.0580. The quantitative estimate of drug-likeness (QED) is 0.925. The normalized spacial score (nSPS) is 19.5. The number of amides is 1. The third-order valence-electron chi connectivity index (χ3n) is 3.84. The standard InChI is InChI=1S/C15H20ClNO2/c1-11-13(5-2-6-14(11)16)15(19)17-8-3-4-12(10-17)7-9-18/h2,5-6,12,18H,3-4,7-10H2,1H3. The molecule has 0 radical (unpaired) electrons. The maximum atomic E-state index is 12.5. The van der Waals surface area contributed by atoms with Gasteiger partial charge in [-0.25, -0.2) is 0 Å². The number of halogens is 1. The van der Waals surface area contributed by atoms with Gasteiger partial charge in [0.05, 0.1) is 0 Å². The molecular formula is C15H20ClNO2. The third kappa shape index (κ3) is 3.28. The van der Waals surface area contributed by atoms with E-state index in [1.165, 1.54) is 0 Å². The van der Waals surface area contributed by atoms with Gasteiger partial charge in [-0.2, -0.15) is 0 Å². The molecule has 1 aliphatic heterocycles. The lowest BCUT2D eigenvalue weighted by atomic mass is 9.94. The number of carbonyl (C=O) groups is 1. The van der Waals surface area contributed by atoms with Crippen LogP contribution in [0.2, 0.25) is 5.02 Å². The summed E-state index contributed by atoms with van der Waals surface area (Å²) in [4.78, 5) is 14.4. The van der Waals surface area contributed by atoms with Crippen LogP contribution in [0.15, 0.2) is 18.2 Å². The SMILES string of the molecule is Cc1c(Cl)cccc1C(=O)N1CCCC(CCO)C1. The summed E-state index contributed by atoms with van der Waals surface area (Å²) < 4.78 is 0. The molecule has 0 aromatic heterocycles. The number of nitrogens with zero attached hydrogens (tertiary/aromatic N) is 1. The molecule has 19 heavy (non-hydrogen) atoms. The minimum Gasteiger partial charge on any atom is -0.396 e. The van der Waals surface area contributed by atoms with Crippen molar-refractivity contribution in [1.29, 1.82) is 0 Å². The smallest absolute Gasteiger partial charge is 0.254 e. The summed E-state index contributed by atoms with van der Waals surface area (Å²) in [7, 11) is 0. The van der Waals surface area contributed by atoms with Gasteiger partial charge in [0.2, 0.25) is 0 Å². The molecule has 1 atom stereocenters. The van der Waals surface area contributed by atoms with E-state index in [-0.39, 0.29) is 12.5 Å². The topological polar surface area (TPSA) is 40.5 Å². The Kier molecular flexibility index (Phi) is 4.83. The van der Waals surface area contributed by atoms with Crippen LogP contribution in [0.1, 0.15) is 35.2 Å². The van der Waals surface area contributed by atoms with Crippen LogP contribution < -0.4 is 0 Å². The molecule has 4 heteroatoms. The second kappa shape index (κ2) is 6.40. The highest BCUT2D eigenvalue weighted by Gasteiger charge is 2.25. The van der Waals surface area contributed by atoms with Crippen molar-refractivity contribution in [3.05, 3.63) is 34.3 Å². The number of rotatable bonds is 3. The number of benzene rings is 1. The van der Waals surface area contributed by atoms with E-state index in [9.17, 15) is 4.79 Å². The average Bonchev–Trinajstić information content (AvgIpc) is 2.42. The highest BCUT2D eigenvalue weighted by Crippen LogP contribution is 2.24. The maximum absolute atomic E-state index is 12.5. The summed E-state index contributed by atoms with van der Waals surface area (Å²) in [5.41, 5.74) is 1.54. The molecule has 104 valence electrons. The van der Waals surface area contributed by atoms with Crippen LogP contribution >= 0.6 is 11.6 Å². The van der Waals surface area contributed by atoms with Gasteiger partial charge in [0, 0.05) is 30.3 Å². The number of likely N-dealkylation sites (tertiary alicyclic amines) is 1. The first-order valence-corrected chi connectivity index (χ1v) is 7.16. The van der Waals surface area contributed by atoms with Crippen LogP contribution in [-0.4, -0.2) is 35.6 Å². The first-order chi connectivity index (χ1) is 9.13. The molecule has 0 bridgehead atoms. The van der Waals surface area contributed by atoms with Gasteiger partial charge in [-0.15, -0.1) is 0 Å². The van der Waals surface area contributed by atoms with Crippen molar-refractivity contribution in [2.24, 2.45) is 5.92 Å². The molecule has 1 aromatic carbocycles. The second-order valence-electron chi connectivity index (χ2n) is 5.18. The van der Waals surface area contributed by atoms with E-state index in [4.69, 9.17) is 16.7 Å². The summed E-state index contributed by atoms with van der Waals surface area (Å²) in [5, 5.41) is 9.65. The summed E-state index contributed by atoms with van der Waals surface area (Å²) in [5.74, 6) is 0.477. The zero-order valence-corrected chi connectivity index (χ0v) is 12.0. The summed E-state index contributed by atoms with van der Waals surface area (Å²) in [6.07, 6.45) is 2.88. The van der Waals surface area contributed by atoms with Crippen LogP contribution in [0.4, 0.5) is 0 Å². The fourth-order valence-corrected chi connectivity index (χ4v) is 2.85. The minimum atomic E-state index is 0.0580. The molecule has 1 unspecified atom stereocenters. The summed E-state index contributed by atoms with van der Waals surface area (Å²) in [6, 6.07) is 5.45.